The maximum Gasteiger partial charge on any atom is 0.413 e. The van der Waals surface area contributed by atoms with E-state index in [2.05, 4.69) is 20.3 Å². The molecule has 0 fully saturated rings. The third kappa shape index (κ3) is 5.09. The molecule has 25 heavy (non-hydrogen) atoms. The summed E-state index contributed by atoms with van der Waals surface area (Å²) in [6, 6.07) is 8.36. The average Bonchev–Trinajstić information content (AvgIpc) is 3.14. The van der Waals surface area contributed by atoms with Crippen molar-refractivity contribution in [2.75, 3.05) is 7.11 Å². The Labute approximate surface area is 143 Å². The molecule has 132 valence electrons. The van der Waals surface area contributed by atoms with Crippen LogP contribution in [-0.2, 0) is 25.5 Å². The van der Waals surface area contributed by atoms with E-state index in [1.165, 1.54) is 17.9 Å². The zero-order chi connectivity index (χ0) is 18.2. The van der Waals surface area contributed by atoms with E-state index >= 15 is 0 Å². The zero-order valence-electron chi connectivity index (χ0n) is 13.7. The highest BCUT2D eigenvalue weighted by Gasteiger charge is 2.28. The number of hydrogen-bond acceptors (Lipinski definition) is 8. The van der Waals surface area contributed by atoms with E-state index in [0.29, 0.717) is 0 Å². The van der Waals surface area contributed by atoms with Crippen LogP contribution in [0.15, 0.2) is 36.7 Å². The van der Waals surface area contributed by atoms with E-state index in [-0.39, 0.29) is 6.42 Å². The Morgan fingerprint density at radius 1 is 1.24 bits per heavy atom. The van der Waals surface area contributed by atoms with Gasteiger partial charge in [0.1, 0.15) is 6.33 Å². The van der Waals surface area contributed by atoms with Gasteiger partial charge in [-0.25, -0.2) is 14.3 Å². The van der Waals surface area contributed by atoms with E-state index in [4.69, 9.17) is 4.74 Å². The fraction of sp³-hybridized carbons (Fsp3) is 0.333. The van der Waals surface area contributed by atoms with Crippen molar-refractivity contribution >= 4 is 18.0 Å². The van der Waals surface area contributed by atoms with Crippen LogP contribution >= 0.6 is 0 Å². The van der Waals surface area contributed by atoms with Crippen molar-refractivity contribution in [1.82, 2.24) is 25.5 Å². The second kappa shape index (κ2) is 8.52. The molecule has 1 heterocycles. The van der Waals surface area contributed by atoms with Crippen LogP contribution in [0.25, 0.3) is 0 Å². The van der Waals surface area contributed by atoms with Crippen LogP contribution in [-0.4, -0.2) is 51.4 Å². The van der Waals surface area contributed by atoms with E-state index in [1.807, 2.05) is 35.6 Å². The molecule has 0 aliphatic heterocycles. The third-order valence-corrected chi connectivity index (χ3v) is 3.30. The summed E-state index contributed by atoms with van der Waals surface area (Å²) in [6.07, 6.45) is -0.569. The molecule has 10 nitrogen and oxygen atoms in total. The monoisotopic (exact) mass is 347 g/mol. The van der Waals surface area contributed by atoms with Crippen LogP contribution < -0.4 is 5.32 Å². The van der Waals surface area contributed by atoms with Crippen LogP contribution in [0.5, 0.6) is 0 Å². The fourth-order valence-electron chi connectivity index (χ4n) is 1.99. The first kappa shape index (κ1) is 18.0. The summed E-state index contributed by atoms with van der Waals surface area (Å²) in [5.74, 6) is -1.50. The van der Waals surface area contributed by atoms with Crippen LogP contribution in [0.2, 0.25) is 0 Å². The van der Waals surface area contributed by atoms with Gasteiger partial charge in [0.25, 0.3) is 5.91 Å². The summed E-state index contributed by atoms with van der Waals surface area (Å²) in [7, 11) is 1.12. The number of nitrogens with one attached hydrogen (secondary N) is 1. The van der Waals surface area contributed by atoms with Crippen molar-refractivity contribution in [3.63, 3.8) is 0 Å². The third-order valence-electron chi connectivity index (χ3n) is 3.30. The van der Waals surface area contributed by atoms with Gasteiger partial charge in [-0.2, -0.15) is 0 Å². The molecule has 0 unspecified atom stereocenters. The lowest BCUT2D eigenvalue weighted by atomic mass is 10.1. The predicted octanol–water partition coefficient (Wildman–Crippen LogP) is 0.271. The van der Waals surface area contributed by atoms with Crippen molar-refractivity contribution < 1.29 is 23.9 Å². The van der Waals surface area contributed by atoms with Crippen LogP contribution in [0, 0.1) is 0 Å². The average molecular weight is 347 g/mol. The molecule has 0 spiro atoms. The standard InChI is InChI=1S/C15H17N5O5/c1-10(13(21)17-15(23)24-2)25-14(22)12(20-9-16-18-19-20)8-11-6-4-3-5-7-11/h3-7,9-10,12H,8H2,1-2H3,(H,17,21,23)/t10-,12+/m0/s1. The molecule has 0 aliphatic carbocycles. The van der Waals surface area contributed by atoms with Crippen LogP contribution in [0.1, 0.15) is 18.5 Å². The normalized spacial score (nSPS) is 12.7. The topological polar surface area (TPSA) is 125 Å². The van der Waals surface area contributed by atoms with Crippen molar-refractivity contribution in [1.29, 1.82) is 0 Å². The molecule has 0 saturated heterocycles. The highest BCUT2D eigenvalue weighted by Crippen LogP contribution is 2.15. The molecular formula is C15H17N5O5. The Morgan fingerprint density at radius 3 is 2.56 bits per heavy atom. The first-order chi connectivity index (χ1) is 12.0. The molecular weight excluding hydrogens is 330 g/mol. The largest absolute Gasteiger partial charge is 0.453 e. The highest BCUT2D eigenvalue weighted by atomic mass is 16.6. The van der Waals surface area contributed by atoms with E-state index < -0.39 is 30.1 Å². The SMILES string of the molecule is COC(=O)NC(=O)[C@H](C)OC(=O)[C@@H](Cc1ccccc1)n1cnnn1. The number of carbonyl (C=O) groups is 3. The predicted molar refractivity (Wildman–Crippen MR) is 83.1 cm³/mol. The van der Waals surface area contributed by atoms with Crippen LogP contribution in [0.4, 0.5) is 4.79 Å². The Hall–Kier alpha value is -3.30. The van der Waals surface area contributed by atoms with E-state index in [0.717, 1.165) is 12.7 Å². The van der Waals surface area contributed by atoms with Gasteiger partial charge in [0.2, 0.25) is 0 Å². The number of imide groups is 1. The van der Waals surface area contributed by atoms with Gasteiger partial charge in [0.15, 0.2) is 12.1 Å². The molecule has 2 aromatic rings. The number of ether oxygens (including phenoxy) is 2. The first-order valence-corrected chi connectivity index (χ1v) is 7.37. The Balaban J connectivity index is 2.08. The van der Waals surface area contributed by atoms with Gasteiger partial charge in [-0.05, 0) is 22.9 Å². The maximum absolute atomic E-state index is 12.5. The molecule has 2 rings (SSSR count). The van der Waals surface area contributed by atoms with Gasteiger partial charge in [-0.3, -0.25) is 10.1 Å². The van der Waals surface area contributed by atoms with Gasteiger partial charge in [0, 0.05) is 6.42 Å². The van der Waals surface area contributed by atoms with E-state index in [1.54, 1.807) is 0 Å². The number of tetrazole rings is 1. The quantitative estimate of drug-likeness (QED) is 0.738. The minimum Gasteiger partial charge on any atom is -0.453 e. The number of hydrogen-bond donors (Lipinski definition) is 1. The Morgan fingerprint density at radius 2 is 1.96 bits per heavy atom. The molecule has 10 heteroatoms. The number of nitrogens with zero attached hydrogens (tertiary/aromatic N) is 4. The highest BCUT2D eigenvalue weighted by molar-refractivity contribution is 5.95. The van der Waals surface area contributed by atoms with Crippen molar-refractivity contribution in [3.8, 4) is 0 Å². The number of aromatic nitrogens is 4. The van der Waals surface area contributed by atoms with Crippen molar-refractivity contribution in [2.45, 2.75) is 25.5 Å². The summed E-state index contributed by atoms with van der Waals surface area (Å²) in [6.45, 7) is 1.34. The van der Waals surface area contributed by atoms with Gasteiger partial charge >= 0.3 is 12.1 Å². The fourth-order valence-corrected chi connectivity index (χ4v) is 1.99. The number of esters is 1. The second-order valence-corrected chi connectivity index (χ2v) is 5.06. The lowest BCUT2D eigenvalue weighted by Gasteiger charge is -2.18. The molecule has 2 atom stereocenters. The minimum atomic E-state index is -1.19. The van der Waals surface area contributed by atoms with Crippen molar-refractivity contribution in [2.24, 2.45) is 0 Å². The van der Waals surface area contributed by atoms with Gasteiger partial charge < -0.3 is 9.47 Å². The molecule has 1 aromatic heterocycles. The number of carbonyl (C=O) groups excluding carboxylic acids is 3. The second-order valence-electron chi connectivity index (χ2n) is 5.06. The first-order valence-electron chi connectivity index (χ1n) is 7.37. The van der Waals surface area contributed by atoms with Crippen LogP contribution in [0.3, 0.4) is 0 Å². The summed E-state index contributed by atoms with van der Waals surface area (Å²) in [5, 5.41) is 12.7. The Bertz CT molecular complexity index is 719. The Kier molecular flexibility index (Phi) is 6.15. The van der Waals surface area contributed by atoms with E-state index in [9.17, 15) is 14.4 Å². The molecule has 0 aliphatic rings. The van der Waals surface area contributed by atoms with Gasteiger partial charge in [-0.15, -0.1) is 5.10 Å². The summed E-state index contributed by atoms with van der Waals surface area (Å²) in [4.78, 5) is 35.3. The molecule has 0 saturated carbocycles. The lowest BCUT2D eigenvalue weighted by Crippen LogP contribution is -2.40. The van der Waals surface area contributed by atoms with Gasteiger partial charge in [0.05, 0.1) is 7.11 Å². The molecule has 0 bridgehead atoms. The maximum atomic E-state index is 12.5. The lowest BCUT2D eigenvalue weighted by molar-refractivity contribution is -0.158. The molecule has 1 N–H and O–H groups in total. The number of alkyl carbamates (subject to hydrolysis) is 1. The number of methoxy groups -OCH3 is 1. The summed E-state index contributed by atoms with van der Waals surface area (Å²) in [5.41, 5.74) is 0.867. The number of rotatable bonds is 6. The minimum absolute atomic E-state index is 0.274. The smallest absolute Gasteiger partial charge is 0.413 e. The summed E-state index contributed by atoms with van der Waals surface area (Å²) < 4.78 is 10.7. The summed E-state index contributed by atoms with van der Waals surface area (Å²) >= 11 is 0. The number of benzene rings is 1. The van der Waals surface area contributed by atoms with Crippen molar-refractivity contribution in [3.05, 3.63) is 42.2 Å². The molecule has 2 amide bonds. The molecule has 0 radical (unpaired) electrons. The van der Waals surface area contributed by atoms with Gasteiger partial charge in [-0.1, -0.05) is 30.3 Å². The molecule has 1 aromatic carbocycles. The zero-order valence-corrected chi connectivity index (χ0v) is 13.7. The number of amides is 2.